The summed E-state index contributed by atoms with van der Waals surface area (Å²) in [5.41, 5.74) is 1.41. The van der Waals surface area contributed by atoms with Gasteiger partial charge in [-0.3, -0.25) is 4.79 Å². The maximum atomic E-state index is 12.4. The van der Waals surface area contributed by atoms with Gasteiger partial charge < -0.3 is 19.9 Å². The van der Waals surface area contributed by atoms with Crippen molar-refractivity contribution in [3.05, 3.63) is 61.1 Å². The largest absolute Gasteiger partial charge is 0.497 e. The van der Waals surface area contributed by atoms with Crippen molar-refractivity contribution in [2.24, 2.45) is 0 Å². The maximum Gasteiger partial charge on any atom is 0.341 e. The Morgan fingerprint density at radius 2 is 2.00 bits per heavy atom. The fourth-order valence-electron chi connectivity index (χ4n) is 2.27. The molecule has 0 heterocycles. The zero-order chi connectivity index (χ0) is 21.4. The maximum absolute atomic E-state index is 12.4. The topological polar surface area (TPSA) is 109 Å². The van der Waals surface area contributed by atoms with Crippen LogP contribution in [0.25, 0.3) is 6.08 Å². The van der Waals surface area contributed by atoms with Crippen molar-refractivity contribution >= 4 is 56.5 Å². The molecule has 0 saturated carbocycles. The monoisotopic (exact) mass is 570 g/mol. The Morgan fingerprint density at radius 3 is 2.55 bits per heavy atom. The van der Waals surface area contributed by atoms with Gasteiger partial charge in [0.1, 0.15) is 23.1 Å². The van der Waals surface area contributed by atoms with Crippen LogP contribution in [0.3, 0.4) is 0 Å². The molecular formula is C20H16BrIN2O5. The summed E-state index contributed by atoms with van der Waals surface area (Å²) in [7, 11) is 1.57. The van der Waals surface area contributed by atoms with Gasteiger partial charge in [0, 0.05) is 6.54 Å². The lowest BCUT2D eigenvalue weighted by atomic mass is 10.1. The van der Waals surface area contributed by atoms with Gasteiger partial charge in [0.2, 0.25) is 0 Å². The van der Waals surface area contributed by atoms with Crippen LogP contribution in [0, 0.1) is 14.9 Å². The minimum atomic E-state index is -1.09. The van der Waals surface area contributed by atoms with Gasteiger partial charge in [-0.25, -0.2) is 4.79 Å². The Balaban J connectivity index is 2.12. The number of nitrogens with one attached hydrogen (secondary N) is 1. The number of rotatable bonds is 8. The second-order valence-corrected chi connectivity index (χ2v) is 7.71. The lowest BCUT2D eigenvalue weighted by Gasteiger charge is -2.10. The quantitative estimate of drug-likeness (QED) is 0.284. The summed E-state index contributed by atoms with van der Waals surface area (Å²) in [6.07, 6.45) is 1.46. The predicted octanol–water partition coefficient (Wildman–Crippen LogP) is 3.75. The number of nitriles is 1. The third-order valence-electron chi connectivity index (χ3n) is 3.65. The Kier molecular flexibility index (Phi) is 8.48. The first-order chi connectivity index (χ1) is 13.8. The van der Waals surface area contributed by atoms with E-state index >= 15 is 0 Å². The smallest absolute Gasteiger partial charge is 0.341 e. The Morgan fingerprint density at radius 1 is 1.31 bits per heavy atom. The van der Waals surface area contributed by atoms with Gasteiger partial charge in [0.05, 0.1) is 15.2 Å². The molecule has 0 aliphatic carbocycles. The van der Waals surface area contributed by atoms with Gasteiger partial charge in [-0.1, -0.05) is 12.1 Å². The first-order valence-electron chi connectivity index (χ1n) is 8.20. The molecule has 2 aromatic rings. The summed E-state index contributed by atoms with van der Waals surface area (Å²) >= 11 is 5.32. The van der Waals surface area contributed by atoms with Gasteiger partial charge in [0.15, 0.2) is 6.61 Å². The van der Waals surface area contributed by atoms with E-state index in [-0.39, 0.29) is 12.1 Å². The molecule has 0 saturated heterocycles. The zero-order valence-corrected chi connectivity index (χ0v) is 19.0. The van der Waals surface area contributed by atoms with Crippen molar-refractivity contribution in [1.29, 1.82) is 5.26 Å². The molecule has 2 aromatic carbocycles. The third-order valence-corrected chi connectivity index (χ3v) is 5.04. The molecule has 29 heavy (non-hydrogen) atoms. The van der Waals surface area contributed by atoms with Crippen molar-refractivity contribution in [1.82, 2.24) is 5.32 Å². The lowest BCUT2D eigenvalue weighted by molar-refractivity contribution is -0.139. The van der Waals surface area contributed by atoms with Crippen molar-refractivity contribution in [2.75, 3.05) is 13.7 Å². The van der Waals surface area contributed by atoms with E-state index in [1.807, 2.05) is 40.8 Å². The minimum Gasteiger partial charge on any atom is -0.497 e. The average molecular weight is 571 g/mol. The van der Waals surface area contributed by atoms with Crippen LogP contribution in [-0.4, -0.2) is 30.7 Å². The molecule has 0 unspecified atom stereocenters. The van der Waals surface area contributed by atoms with Crippen LogP contribution < -0.4 is 14.8 Å². The number of aliphatic carboxylic acids is 1. The van der Waals surface area contributed by atoms with E-state index in [0.717, 1.165) is 5.56 Å². The average Bonchev–Trinajstić information content (AvgIpc) is 2.69. The van der Waals surface area contributed by atoms with Gasteiger partial charge in [-0.15, -0.1) is 0 Å². The van der Waals surface area contributed by atoms with Crippen LogP contribution in [0.4, 0.5) is 0 Å². The Hall–Kier alpha value is -2.58. The molecule has 0 aliphatic rings. The first-order valence-corrected chi connectivity index (χ1v) is 10.1. The number of carbonyl (C=O) groups is 2. The molecule has 0 fully saturated rings. The number of hydrogen-bond acceptors (Lipinski definition) is 5. The molecular weight excluding hydrogens is 555 g/mol. The van der Waals surface area contributed by atoms with Gasteiger partial charge in [-0.2, -0.15) is 5.26 Å². The van der Waals surface area contributed by atoms with Crippen molar-refractivity contribution in [3.8, 4) is 17.6 Å². The van der Waals surface area contributed by atoms with Crippen molar-refractivity contribution in [3.63, 3.8) is 0 Å². The highest BCUT2D eigenvalue weighted by Crippen LogP contribution is 2.32. The number of ether oxygens (including phenoxy) is 2. The molecule has 0 bridgehead atoms. The molecule has 0 radical (unpaired) electrons. The number of carbonyl (C=O) groups excluding carboxylic acids is 1. The van der Waals surface area contributed by atoms with E-state index < -0.39 is 18.5 Å². The molecule has 0 atom stereocenters. The summed E-state index contributed by atoms with van der Waals surface area (Å²) < 4.78 is 11.5. The van der Waals surface area contributed by atoms with E-state index in [9.17, 15) is 14.9 Å². The highest BCUT2D eigenvalue weighted by molar-refractivity contribution is 14.1. The third kappa shape index (κ3) is 6.76. The number of amides is 1. The molecule has 7 nitrogen and oxygen atoms in total. The molecule has 150 valence electrons. The van der Waals surface area contributed by atoms with Crippen LogP contribution in [-0.2, 0) is 16.1 Å². The number of nitrogens with zero attached hydrogens (tertiary/aromatic N) is 1. The second-order valence-electron chi connectivity index (χ2n) is 5.70. The Bertz CT molecular complexity index is 960. The van der Waals surface area contributed by atoms with E-state index in [1.54, 1.807) is 31.4 Å². The first kappa shape index (κ1) is 22.7. The molecule has 1 amide bonds. The summed E-state index contributed by atoms with van der Waals surface area (Å²) in [5.74, 6) is -0.487. The van der Waals surface area contributed by atoms with Gasteiger partial charge >= 0.3 is 5.97 Å². The molecule has 9 heteroatoms. The number of hydrogen-bond donors (Lipinski definition) is 2. The summed E-state index contributed by atoms with van der Waals surface area (Å²) in [4.78, 5) is 23.0. The highest BCUT2D eigenvalue weighted by atomic mass is 127. The summed E-state index contributed by atoms with van der Waals surface area (Å²) in [5, 5.41) is 20.8. The number of carboxylic acids is 1. The van der Waals surface area contributed by atoms with Crippen LogP contribution in [0.1, 0.15) is 11.1 Å². The Labute approximate surface area is 189 Å². The highest BCUT2D eigenvalue weighted by Gasteiger charge is 2.13. The number of halogens is 2. The normalized spacial score (nSPS) is 10.8. The van der Waals surface area contributed by atoms with Crippen LogP contribution in [0.5, 0.6) is 11.5 Å². The van der Waals surface area contributed by atoms with E-state index in [4.69, 9.17) is 14.6 Å². The fraction of sp³-hybridized carbons (Fsp3) is 0.150. The molecule has 2 N–H and O–H groups in total. The van der Waals surface area contributed by atoms with E-state index in [0.29, 0.717) is 25.1 Å². The summed E-state index contributed by atoms with van der Waals surface area (Å²) in [6.45, 7) is -0.202. The number of benzene rings is 2. The lowest BCUT2D eigenvalue weighted by Crippen LogP contribution is -2.23. The predicted molar refractivity (Wildman–Crippen MR) is 118 cm³/mol. The van der Waals surface area contributed by atoms with Crippen LogP contribution in [0.2, 0.25) is 0 Å². The van der Waals surface area contributed by atoms with Crippen molar-refractivity contribution in [2.45, 2.75) is 6.54 Å². The van der Waals surface area contributed by atoms with Crippen LogP contribution in [0.15, 0.2) is 46.4 Å². The SMILES string of the molecule is COc1ccc(CNC(=O)/C(C#N)=C\c2cc(Br)c(OCC(=O)O)c(I)c2)cc1. The minimum absolute atomic E-state index is 0.0552. The zero-order valence-electron chi connectivity index (χ0n) is 15.2. The van der Waals surface area contributed by atoms with Crippen LogP contribution >= 0.6 is 38.5 Å². The van der Waals surface area contributed by atoms with E-state index in [1.165, 1.54) is 6.08 Å². The van der Waals surface area contributed by atoms with E-state index in [2.05, 4.69) is 21.2 Å². The second kappa shape index (κ2) is 10.8. The van der Waals surface area contributed by atoms with Crippen molar-refractivity contribution < 1.29 is 24.2 Å². The fourth-order valence-corrected chi connectivity index (χ4v) is 4.04. The van der Waals surface area contributed by atoms with Gasteiger partial charge in [0.25, 0.3) is 5.91 Å². The number of carboxylic acid groups (broad SMARTS) is 1. The van der Waals surface area contributed by atoms with Gasteiger partial charge in [-0.05, 0) is 80.0 Å². The standard InChI is InChI=1S/C20H16BrIN2O5/c1-28-15-4-2-12(3-5-15)10-24-20(27)14(9-23)6-13-7-16(21)19(17(22)8-13)29-11-18(25)26/h2-8H,10-11H2,1H3,(H,24,27)(H,25,26)/b14-6-. The molecule has 0 spiro atoms. The summed E-state index contributed by atoms with van der Waals surface area (Å²) in [6, 6.07) is 12.5. The number of methoxy groups -OCH3 is 1. The molecule has 0 aromatic heterocycles. The molecule has 0 aliphatic heterocycles. The molecule has 2 rings (SSSR count).